The highest BCUT2D eigenvalue weighted by Crippen LogP contribution is 2.19. The van der Waals surface area contributed by atoms with Crippen LogP contribution in [0, 0.1) is 0 Å². The third-order valence-corrected chi connectivity index (χ3v) is 17.4. The minimum atomic E-state index is -0.841. The Morgan fingerprint density at radius 1 is 0.329 bits per heavy atom. The summed E-state index contributed by atoms with van der Waals surface area (Å²) < 4.78 is 5.50. The van der Waals surface area contributed by atoms with E-state index in [4.69, 9.17) is 4.74 Å². The van der Waals surface area contributed by atoms with E-state index >= 15 is 0 Å². The van der Waals surface area contributed by atoms with Crippen molar-refractivity contribution in [3.63, 3.8) is 0 Å². The molecule has 2 atom stereocenters. The van der Waals surface area contributed by atoms with Crippen molar-refractivity contribution < 1.29 is 24.5 Å². The van der Waals surface area contributed by atoms with Gasteiger partial charge in [-0.15, -0.1) is 0 Å². The van der Waals surface area contributed by atoms with Crippen LogP contribution in [-0.2, 0) is 14.3 Å². The van der Waals surface area contributed by atoms with E-state index in [1.807, 2.05) is 6.08 Å². The number of aliphatic hydroxyl groups excluding tert-OH is 2. The highest BCUT2D eigenvalue weighted by molar-refractivity contribution is 5.76. The average molecular weight is 1150 g/mol. The van der Waals surface area contributed by atoms with E-state index in [2.05, 4.69) is 43.5 Å². The van der Waals surface area contributed by atoms with E-state index in [1.54, 1.807) is 6.08 Å². The number of nitrogens with one attached hydrogen (secondary N) is 1. The zero-order chi connectivity index (χ0) is 59.2. The molecule has 0 radical (unpaired) electrons. The Bertz CT molecular complexity index is 1330. The summed E-state index contributed by atoms with van der Waals surface area (Å²) in [5.41, 5.74) is 0. The lowest BCUT2D eigenvalue weighted by molar-refractivity contribution is -0.143. The summed E-state index contributed by atoms with van der Waals surface area (Å²) in [6.45, 7) is 4.92. The first kappa shape index (κ1) is 80.1. The highest BCUT2D eigenvalue weighted by Gasteiger charge is 2.18. The number of hydrogen-bond acceptors (Lipinski definition) is 5. The van der Waals surface area contributed by atoms with Crippen molar-refractivity contribution in [2.45, 2.75) is 424 Å². The number of amides is 1. The molecule has 0 heterocycles. The van der Waals surface area contributed by atoms with Crippen molar-refractivity contribution in [2.24, 2.45) is 0 Å². The lowest BCUT2D eigenvalue weighted by Gasteiger charge is -2.20. The van der Waals surface area contributed by atoms with Crippen LogP contribution in [0.3, 0.4) is 0 Å². The second-order valence-electron chi connectivity index (χ2n) is 25.6. The van der Waals surface area contributed by atoms with E-state index in [0.29, 0.717) is 19.4 Å². The van der Waals surface area contributed by atoms with Crippen LogP contribution in [0.5, 0.6) is 0 Å². The lowest BCUT2D eigenvalue weighted by atomic mass is 10.0. The van der Waals surface area contributed by atoms with Crippen LogP contribution < -0.4 is 5.32 Å². The maximum Gasteiger partial charge on any atom is 0.305 e. The molecule has 3 N–H and O–H groups in total. The number of carbonyl (C=O) groups excluding carboxylic acids is 2. The second kappa shape index (κ2) is 71.6. The second-order valence-corrected chi connectivity index (χ2v) is 25.6. The van der Waals surface area contributed by atoms with Crippen LogP contribution in [-0.4, -0.2) is 47.4 Å². The Hall–Kier alpha value is -1.92. The number of unbranched alkanes of at least 4 members (excludes halogenated alkanes) is 55. The van der Waals surface area contributed by atoms with Gasteiger partial charge in [0.25, 0.3) is 0 Å². The van der Waals surface area contributed by atoms with Gasteiger partial charge in [0.1, 0.15) is 0 Å². The first-order valence-corrected chi connectivity index (χ1v) is 37.3. The number of ether oxygens (including phenoxy) is 1. The van der Waals surface area contributed by atoms with Crippen LogP contribution >= 0.6 is 0 Å². The molecule has 0 aromatic heterocycles. The van der Waals surface area contributed by atoms with Crippen molar-refractivity contribution >= 4 is 11.9 Å². The SMILES string of the molecule is CCCCCCCC/C=C\CCCCCCCC(=O)OCCCCCCCCCCCCCCCCCC/C=C\CCCCCCCCCCCCCCCCCCCC(=O)NC(CO)C(O)/C=C/CCCCCCCCCCCCC. The normalized spacial score (nSPS) is 12.7. The monoisotopic (exact) mass is 1150 g/mol. The zero-order valence-electron chi connectivity index (χ0n) is 55.5. The quantitative estimate of drug-likeness (QED) is 0.0320. The molecule has 484 valence electrons. The number of carbonyl (C=O) groups is 2. The van der Waals surface area contributed by atoms with Gasteiger partial charge in [-0.3, -0.25) is 9.59 Å². The molecule has 6 nitrogen and oxygen atoms in total. The van der Waals surface area contributed by atoms with Crippen molar-refractivity contribution in [1.82, 2.24) is 5.32 Å². The third kappa shape index (κ3) is 67.2. The van der Waals surface area contributed by atoms with Gasteiger partial charge >= 0.3 is 5.97 Å². The molecule has 2 unspecified atom stereocenters. The molecule has 0 aliphatic carbocycles. The summed E-state index contributed by atoms with van der Waals surface area (Å²) in [5.74, 6) is -0.0488. The Labute approximate surface area is 513 Å². The van der Waals surface area contributed by atoms with E-state index in [9.17, 15) is 19.8 Å². The fourth-order valence-electron chi connectivity index (χ4n) is 11.7. The molecule has 0 saturated heterocycles. The van der Waals surface area contributed by atoms with Gasteiger partial charge in [-0.05, 0) is 83.5 Å². The molecule has 0 aliphatic rings. The maximum absolute atomic E-state index is 12.5. The molecule has 0 fully saturated rings. The molecule has 0 aliphatic heterocycles. The summed E-state index contributed by atoms with van der Waals surface area (Å²) in [5, 5.41) is 23.1. The van der Waals surface area contributed by atoms with Crippen molar-refractivity contribution in [3.05, 3.63) is 36.5 Å². The van der Waals surface area contributed by atoms with Gasteiger partial charge in [0.05, 0.1) is 25.4 Å². The van der Waals surface area contributed by atoms with Gasteiger partial charge in [0.2, 0.25) is 5.91 Å². The molecular weight excluding hydrogens is 1010 g/mol. The van der Waals surface area contributed by atoms with Gasteiger partial charge < -0.3 is 20.3 Å². The topological polar surface area (TPSA) is 95.9 Å². The Morgan fingerprint density at radius 3 is 0.866 bits per heavy atom. The fourth-order valence-corrected chi connectivity index (χ4v) is 11.7. The minimum absolute atomic E-state index is 0.0137. The van der Waals surface area contributed by atoms with Crippen molar-refractivity contribution in [1.29, 1.82) is 0 Å². The predicted molar refractivity (Wildman–Crippen MR) is 361 cm³/mol. The van der Waals surface area contributed by atoms with Gasteiger partial charge in [-0.25, -0.2) is 0 Å². The molecule has 0 saturated carbocycles. The molecule has 6 heteroatoms. The molecule has 0 aromatic carbocycles. The minimum Gasteiger partial charge on any atom is -0.466 e. The molecule has 0 spiro atoms. The van der Waals surface area contributed by atoms with Crippen LogP contribution in [0.4, 0.5) is 0 Å². The molecule has 0 rings (SSSR count). The van der Waals surface area contributed by atoms with E-state index < -0.39 is 12.1 Å². The third-order valence-electron chi connectivity index (χ3n) is 17.4. The van der Waals surface area contributed by atoms with Crippen molar-refractivity contribution in [2.75, 3.05) is 13.2 Å². The van der Waals surface area contributed by atoms with Crippen LogP contribution in [0.25, 0.3) is 0 Å². The maximum atomic E-state index is 12.5. The zero-order valence-corrected chi connectivity index (χ0v) is 55.5. The van der Waals surface area contributed by atoms with Crippen LogP contribution in [0.2, 0.25) is 0 Å². The van der Waals surface area contributed by atoms with Gasteiger partial charge in [-0.2, -0.15) is 0 Å². The Kier molecular flexibility index (Phi) is 69.9. The Morgan fingerprint density at radius 2 is 0.573 bits per heavy atom. The van der Waals surface area contributed by atoms with Crippen LogP contribution in [0.15, 0.2) is 36.5 Å². The average Bonchev–Trinajstić information content (AvgIpc) is 3.48. The molecule has 1 amide bonds. The number of hydrogen-bond donors (Lipinski definition) is 3. The summed E-state index contributed by atoms with van der Waals surface area (Å²) in [7, 11) is 0. The highest BCUT2D eigenvalue weighted by atomic mass is 16.5. The summed E-state index contributed by atoms with van der Waals surface area (Å²) in [4.78, 5) is 24.5. The summed E-state index contributed by atoms with van der Waals surface area (Å²) in [6.07, 6.45) is 92.6. The lowest BCUT2D eigenvalue weighted by Crippen LogP contribution is -2.45. The molecule has 82 heavy (non-hydrogen) atoms. The largest absolute Gasteiger partial charge is 0.466 e. The summed E-state index contributed by atoms with van der Waals surface area (Å²) in [6, 6.07) is -0.624. The van der Waals surface area contributed by atoms with E-state index in [-0.39, 0.29) is 18.5 Å². The van der Waals surface area contributed by atoms with E-state index in [0.717, 1.165) is 44.9 Å². The Balaban J connectivity index is 3.33. The molecule has 0 bridgehead atoms. The number of aliphatic hydroxyl groups is 2. The number of rotatable bonds is 70. The summed E-state index contributed by atoms with van der Waals surface area (Å²) >= 11 is 0. The fraction of sp³-hybridized carbons (Fsp3) is 0.895. The van der Waals surface area contributed by atoms with Gasteiger partial charge in [0.15, 0.2) is 0 Å². The smallest absolute Gasteiger partial charge is 0.305 e. The number of esters is 1. The van der Waals surface area contributed by atoms with Gasteiger partial charge in [0, 0.05) is 12.8 Å². The molecule has 0 aromatic rings. The number of allylic oxidation sites excluding steroid dienone is 5. The first-order valence-electron chi connectivity index (χ1n) is 37.3. The van der Waals surface area contributed by atoms with Crippen molar-refractivity contribution in [3.8, 4) is 0 Å². The first-order chi connectivity index (χ1) is 40.5. The standard InChI is InChI=1S/C76H145NO5/c1-3-5-7-9-11-13-15-17-41-46-50-54-58-62-66-70-76(81)82-71-67-63-59-55-51-47-43-40-38-36-34-32-30-28-26-24-22-20-18-19-21-23-25-27-29-31-33-35-37-39-42-45-49-53-57-61-65-69-75(80)77-73(72-78)74(79)68-64-60-56-52-48-44-16-14-12-10-8-6-4-2/h17-18,20,41,64,68,73-74,78-79H,3-16,19,21-40,42-63,65-67,69-72H2,1-2H3,(H,77,80)/b20-18-,41-17-,68-64+. The van der Waals surface area contributed by atoms with Crippen LogP contribution in [0.1, 0.15) is 412 Å². The van der Waals surface area contributed by atoms with Gasteiger partial charge in [-0.1, -0.05) is 352 Å². The predicted octanol–water partition coefficient (Wildman–Crippen LogP) is 24.3. The molecular formula is C76H145NO5. The van der Waals surface area contributed by atoms with E-state index in [1.165, 1.54) is 340 Å².